The van der Waals surface area contributed by atoms with Gasteiger partial charge in [-0.15, -0.1) is 0 Å². The Balaban J connectivity index is 3.19. The molecule has 0 saturated heterocycles. The van der Waals surface area contributed by atoms with E-state index in [1.54, 1.807) is 0 Å². The SMILES string of the molecule is CC=CCNCCC(N)C(C)C. The lowest BCUT2D eigenvalue weighted by atomic mass is 10.0. The molecule has 0 aliphatic heterocycles. The van der Waals surface area contributed by atoms with Crippen LogP contribution >= 0.6 is 0 Å². The second kappa shape index (κ2) is 7.32. The topological polar surface area (TPSA) is 38.0 Å². The molecule has 0 aromatic rings. The van der Waals surface area contributed by atoms with Gasteiger partial charge in [0.2, 0.25) is 0 Å². The summed E-state index contributed by atoms with van der Waals surface area (Å²) in [7, 11) is 0. The maximum absolute atomic E-state index is 5.87. The first kappa shape index (κ1) is 11.7. The minimum absolute atomic E-state index is 0.336. The van der Waals surface area contributed by atoms with E-state index in [9.17, 15) is 0 Å². The minimum Gasteiger partial charge on any atom is -0.327 e. The van der Waals surface area contributed by atoms with Gasteiger partial charge in [0, 0.05) is 12.6 Å². The molecular weight excluding hydrogens is 148 g/mol. The normalized spacial score (nSPS) is 14.4. The Kier molecular flexibility index (Phi) is 7.11. The fourth-order valence-electron chi connectivity index (χ4n) is 0.905. The first-order chi connectivity index (χ1) is 5.68. The third-order valence-corrected chi connectivity index (χ3v) is 2.01. The minimum atomic E-state index is 0.336. The molecule has 0 aromatic carbocycles. The van der Waals surface area contributed by atoms with Crippen molar-refractivity contribution >= 4 is 0 Å². The van der Waals surface area contributed by atoms with Crippen LogP contribution in [0.1, 0.15) is 27.2 Å². The molecule has 0 fully saturated rings. The van der Waals surface area contributed by atoms with Crippen LogP contribution in [0.2, 0.25) is 0 Å². The van der Waals surface area contributed by atoms with Gasteiger partial charge >= 0.3 is 0 Å². The Morgan fingerprint density at radius 3 is 2.58 bits per heavy atom. The number of rotatable bonds is 6. The zero-order valence-corrected chi connectivity index (χ0v) is 8.51. The molecule has 0 rings (SSSR count). The van der Waals surface area contributed by atoms with E-state index >= 15 is 0 Å². The Bertz CT molecular complexity index is 119. The van der Waals surface area contributed by atoms with Crippen molar-refractivity contribution in [1.29, 1.82) is 0 Å². The van der Waals surface area contributed by atoms with Gasteiger partial charge < -0.3 is 11.1 Å². The van der Waals surface area contributed by atoms with Crippen molar-refractivity contribution in [3.05, 3.63) is 12.2 Å². The molecule has 12 heavy (non-hydrogen) atoms. The van der Waals surface area contributed by atoms with Crippen LogP contribution in [0.4, 0.5) is 0 Å². The highest BCUT2D eigenvalue weighted by atomic mass is 14.8. The van der Waals surface area contributed by atoms with Crippen LogP contribution in [0, 0.1) is 5.92 Å². The second-order valence-electron chi connectivity index (χ2n) is 3.47. The van der Waals surface area contributed by atoms with Crippen LogP contribution in [0.15, 0.2) is 12.2 Å². The maximum atomic E-state index is 5.87. The molecule has 0 saturated carbocycles. The Morgan fingerprint density at radius 2 is 2.08 bits per heavy atom. The zero-order valence-electron chi connectivity index (χ0n) is 8.51. The predicted octanol–water partition coefficient (Wildman–Crippen LogP) is 1.53. The first-order valence-corrected chi connectivity index (χ1v) is 4.76. The molecule has 0 spiro atoms. The maximum Gasteiger partial charge on any atom is 0.0134 e. The summed E-state index contributed by atoms with van der Waals surface area (Å²) >= 11 is 0. The van der Waals surface area contributed by atoms with Gasteiger partial charge in [0.1, 0.15) is 0 Å². The van der Waals surface area contributed by atoms with Crippen LogP contribution in [0.3, 0.4) is 0 Å². The lowest BCUT2D eigenvalue weighted by Crippen LogP contribution is -2.30. The van der Waals surface area contributed by atoms with Crippen LogP contribution in [-0.4, -0.2) is 19.1 Å². The van der Waals surface area contributed by atoms with Gasteiger partial charge in [0.15, 0.2) is 0 Å². The monoisotopic (exact) mass is 170 g/mol. The molecule has 0 aliphatic rings. The van der Waals surface area contributed by atoms with Crippen molar-refractivity contribution in [3.63, 3.8) is 0 Å². The van der Waals surface area contributed by atoms with E-state index in [1.807, 2.05) is 6.92 Å². The summed E-state index contributed by atoms with van der Waals surface area (Å²) in [5, 5.41) is 3.31. The number of hydrogen-bond donors (Lipinski definition) is 2. The first-order valence-electron chi connectivity index (χ1n) is 4.76. The van der Waals surface area contributed by atoms with E-state index in [-0.39, 0.29) is 0 Å². The standard InChI is InChI=1S/C10H22N2/c1-4-5-7-12-8-6-10(11)9(2)3/h4-5,9-10,12H,6-8,11H2,1-3H3. The molecule has 72 valence electrons. The molecule has 1 atom stereocenters. The van der Waals surface area contributed by atoms with Crippen molar-refractivity contribution in [3.8, 4) is 0 Å². The van der Waals surface area contributed by atoms with E-state index in [4.69, 9.17) is 5.73 Å². The smallest absolute Gasteiger partial charge is 0.0134 e. The number of hydrogen-bond acceptors (Lipinski definition) is 2. The van der Waals surface area contributed by atoms with Gasteiger partial charge in [0.25, 0.3) is 0 Å². The summed E-state index contributed by atoms with van der Waals surface area (Å²) in [4.78, 5) is 0. The molecule has 2 heteroatoms. The molecule has 0 heterocycles. The summed E-state index contributed by atoms with van der Waals surface area (Å²) in [6.45, 7) is 8.33. The third-order valence-electron chi connectivity index (χ3n) is 2.01. The third kappa shape index (κ3) is 6.38. The van der Waals surface area contributed by atoms with E-state index in [0.29, 0.717) is 12.0 Å². The average Bonchev–Trinajstić information content (AvgIpc) is 2.03. The Labute approximate surface area is 76.2 Å². The second-order valence-corrected chi connectivity index (χ2v) is 3.47. The van der Waals surface area contributed by atoms with Gasteiger partial charge in [-0.25, -0.2) is 0 Å². The van der Waals surface area contributed by atoms with Crippen molar-refractivity contribution in [2.45, 2.75) is 33.2 Å². The predicted molar refractivity (Wildman–Crippen MR) is 55.1 cm³/mol. The summed E-state index contributed by atoms with van der Waals surface area (Å²) < 4.78 is 0. The molecule has 1 unspecified atom stereocenters. The lowest BCUT2D eigenvalue weighted by molar-refractivity contribution is 0.454. The lowest BCUT2D eigenvalue weighted by Gasteiger charge is -2.14. The summed E-state index contributed by atoms with van der Waals surface area (Å²) in [6, 6.07) is 0.336. The molecule has 0 bridgehead atoms. The van der Waals surface area contributed by atoms with Crippen molar-refractivity contribution in [2.75, 3.05) is 13.1 Å². The highest BCUT2D eigenvalue weighted by molar-refractivity contribution is 4.79. The van der Waals surface area contributed by atoms with E-state index in [0.717, 1.165) is 19.5 Å². The number of nitrogens with one attached hydrogen (secondary N) is 1. The molecule has 3 N–H and O–H groups in total. The van der Waals surface area contributed by atoms with Crippen molar-refractivity contribution in [2.24, 2.45) is 11.7 Å². The van der Waals surface area contributed by atoms with Gasteiger partial charge in [-0.2, -0.15) is 0 Å². The van der Waals surface area contributed by atoms with E-state index in [1.165, 1.54) is 0 Å². The molecule has 0 aliphatic carbocycles. The average molecular weight is 170 g/mol. The van der Waals surface area contributed by atoms with Gasteiger partial charge in [-0.1, -0.05) is 26.0 Å². The van der Waals surface area contributed by atoms with Gasteiger partial charge in [-0.05, 0) is 25.8 Å². The molecule has 2 nitrogen and oxygen atoms in total. The highest BCUT2D eigenvalue weighted by Gasteiger charge is 2.05. The van der Waals surface area contributed by atoms with Crippen LogP contribution in [0.25, 0.3) is 0 Å². The van der Waals surface area contributed by atoms with E-state index in [2.05, 4.69) is 31.3 Å². The zero-order chi connectivity index (χ0) is 9.40. The van der Waals surface area contributed by atoms with Crippen LogP contribution in [0.5, 0.6) is 0 Å². The fourth-order valence-corrected chi connectivity index (χ4v) is 0.905. The Hall–Kier alpha value is -0.340. The van der Waals surface area contributed by atoms with Crippen LogP contribution in [-0.2, 0) is 0 Å². The van der Waals surface area contributed by atoms with Crippen LogP contribution < -0.4 is 11.1 Å². The number of nitrogens with two attached hydrogens (primary N) is 1. The van der Waals surface area contributed by atoms with E-state index < -0.39 is 0 Å². The number of allylic oxidation sites excluding steroid dienone is 1. The summed E-state index contributed by atoms with van der Waals surface area (Å²) in [5.74, 6) is 0.591. The molecule has 0 aromatic heterocycles. The van der Waals surface area contributed by atoms with Gasteiger partial charge in [-0.3, -0.25) is 0 Å². The van der Waals surface area contributed by atoms with Crippen molar-refractivity contribution < 1.29 is 0 Å². The molecule has 0 amide bonds. The van der Waals surface area contributed by atoms with Gasteiger partial charge in [0.05, 0.1) is 0 Å². The fraction of sp³-hybridized carbons (Fsp3) is 0.800. The largest absolute Gasteiger partial charge is 0.327 e. The highest BCUT2D eigenvalue weighted by Crippen LogP contribution is 2.00. The molecular formula is C10H22N2. The Morgan fingerprint density at radius 1 is 1.42 bits per heavy atom. The quantitative estimate of drug-likeness (QED) is 0.468. The summed E-state index contributed by atoms with van der Waals surface area (Å²) in [5.41, 5.74) is 5.87. The molecule has 0 radical (unpaired) electrons. The summed E-state index contributed by atoms with van der Waals surface area (Å²) in [6.07, 6.45) is 5.23. The van der Waals surface area contributed by atoms with Crippen molar-refractivity contribution in [1.82, 2.24) is 5.32 Å².